The molecule has 0 unspecified atom stereocenters. The van der Waals surface area contributed by atoms with Crippen LogP contribution >= 0.6 is 0 Å². The maximum Gasteiger partial charge on any atom is 0.0556 e. The van der Waals surface area contributed by atoms with Gasteiger partial charge in [-0.1, -0.05) is 31.2 Å². The lowest BCUT2D eigenvalue weighted by atomic mass is 10.1. The molecule has 2 nitrogen and oxygen atoms in total. The molecule has 0 saturated carbocycles. The SMILES string of the molecule is CCc1ccc(CNCCO)cc1. The Bertz CT molecular complexity index is 230. The highest BCUT2D eigenvalue weighted by Gasteiger charge is 1.92. The van der Waals surface area contributed by atoms with Crippen LogP contribution in [0.25, 0.3) is 0 Å². The monoisotopic (exact) mass is 179 g/mol. The third kappa shape index (κ3) is 3.57. The van der Waals surface area contributed by atoms with Gasteiger partial charge in [0.05, 0.1) is 6.61 Å². The highest BCUT2D eigenvalue weighted by atomic mass is 16.3. The summed E-state index contributed by atoms with van der Waals surface area (Å²) in [7, 11) is 0. The summed E-state index contributed by atoms with van der Waals surface area (Å²) < 4.78 is 0. The van der Waals surface area contributed by atoms with Crippen LogP contribution in [0, 0.1) is 0 Å². The quantitative estimate of drug-likeness (QED) is 0.668. The zero-order chi connectivity index (χ0) is 9.52. The van der Waals surface area contributed by atoms with Crippen LogP contribution in [-0.2, 0) is 13.0 Å². The van der Waals surface area contributed by atoms with E-state index in [4.69, 9.17) is 5.11 Å². The molecular formula is C11H17NO. The van der Waals surface area contributed by atoms with Gasteiger partial charge in [-0.3, -0.25) is 0 Å². The summed E-state index contributed by atoms with van der Waals surface area (Å²) in [4.78, 5) is 0. The van der Waals surface area contributed by atoms with Crippen LogP contribution in [-0.4, -0.2) is 18.3 Å². The fourth-order valence-corrected chi connectivity index (χ4v) is 1.20. The van der Waals surface area contributed by atoms with Crippen LogP contribution in [0.15, 0.2) is 24.3 Å². The summed E-state index contributed by atoms with van der Waals surface area (Å²) in [6, 6.07) is 8.55. The lowest BCUT2D eigenvalue weighted by Gasteiger charge is -2.03. The summed E-state index contributed by atoms with van der Waals surface area (Å²) in [5, 5.41) is 11.7. The maximum atomic E-state index is 8.56. The van der Waals surface area contributed by atoms with Crippen molar-refractivity contribution >= 4 is 0 Å². The van der Waals surface area contributed by atoms with E-state index in [1.807, 2.05) is 0 Å². The van der Waals surface area contributed by atoms with E-state index < -0.39 is 0 Å². The molecule has 2 heteroatoms. The van der Waals surface area contributed by atoms with Crippen molar-refractivity contribution in [1.82, 2.24) is 5.32 Å². The van der Waals surface area contributed by atoms with Crippen molar-refractivity contribution in [1.29, 1.82) is 0 Å². The van der Waals surface area contributed by atoms with Crippen molar-refractivity contribution in [3.63, 3.8) is 0 Å². The van der Waals surface area contributed by atoms with E-state index in [2.05, 4.69) is 36.5 Å². The second-order valence-corrected chi connectivity index (χ2v) is 3.07. The van der Waals surface area contributed by atoms with Crippen LogP contribution in [0.3, 0.4) is 0 Å². The second kappa shape index (κ2) is 5.73. The van der Waals surface area contributed by atoms with Crippen molar-refractivity contribution in [2.45, 2.75) is 19.9 Å². The van der Waals surface area contributed by atoms with Crippen LogP contribution in [0.2, 0.25) is 0 Å². The maximum absolute atomic E-state index is 8.56. The Labute approximate surface area is 79.6 Å². The number of aliphatic hydroxyl groups is 1. The molecule has 0 fully saturated rings. The Balaban J connectivity index is 2.40. The molecular weight excluding hydrogens is 162 g/mol. The van der Waals surface area contributed by atoms with E-state index in [-0.39, 0.29) is 6.61 Å². The van der Waals surface area contributed by atoms with Gasteiger partial charge in [0.1, 0.15) is 0 Å². The van der Waals surface area contributed by atoms with Crippen molar-refractivity contribution in [2.24, 2.45) is 0 Å². The molecule has 0 bridgehead atoms. The van der Waals surface area contributed by atoms with E-state index in [9.17, 15) is 0 Å². The first kappa shape index (κ1) is 10.2. The van der Waals surface area contributed by atoms with Crippen molar-refractivity contribution < 1.29 is 5.11 Å². The molecule has 0 saturated heterocycles. The highest BCUT2D eigenvalue weighted by molar-refractivity contribution is 5.22. The standard InChI is InChI=1S/C11H17NO/c1-2-10-3-5-11(6-4-10)9-12-7-8-13/h3-6,12-13H,2,7-9H2,1H3. The van der Waals surface area contributed by atoms with Crippen molar-refractivity contribution in [3.05, 3.63) is 35.4 Å². The molecule has 0 radical (unpaired) electrons. The smallest absolute Gasteiger partial charge is 0.0556 e. The van der Waals surface area contributed by atoms with Gasteiger partial charge in [0.15, 0.2) is 0 Å². The van der Waals surface area contributed by atoms with Gasteiger partial charge in [0, 0.05) is 13.1 Å². The van der Waals surface area contributed by atoms with Crippen LogP contribution in [0.1, 0.15) is 18.1 Å². The molecule has 13 heavy (non-hydrogen) atoms. The number of aryl methyl sites for hydroxylation is 1. The molecule has 0 heterocycles. The van der Waals surface area contributed by atoms with Gasteiger partial charge >= 0.3 is 0 Å². The van der Waals surface area contributed by atoms with E-state index in [1.54, 1.807) is 0 Å². The van der Waals surface area contributed by atoms with Gasteiger partial charge in [0.2, 0.25) is 0 Å². The molecule has 0 aromatic heterocycles. The van der Waals surface area contributed by atoms with E-state index in [0.717, 1.165) is 13.0 Å². The zero-order valence-corrected chi connectivity index (χ0v) is 8.09. The molecule has 1 aromatic carbocycles. The first-order valence-corrected chi connectivity index (χ1v) is 4.76. The molecule has 0 aliphatic carbocycles. The van der Waals surface area contributed by atoms with E-state index >= 15 is 0 Å². The molecule has 2 N–H and O–H groups in total. The normalized spacial score (nSPS) is 10.3. The Hall–Kier alpha value is -0.860. The number of aliphatic hydroxyl groups excluding tert-OH is 1. The van der Waals surface area contributed by atoms with Crippen molar-refractivity contribution in [3.8, 4) is 0 Å². The number of hydrogen-bond acceptors (Lipinski definition) is 2. The predicted octanol–water partition coefficient (Wildman–Crippen LogP) is 1.33. The second-order valence-electron chi connectivity index (χ2n) is 3.07. The number of nitrogens with one attached hydrogen (secondary N) is 1. The average molecular weight is 179 g/mol. The molecule has 0 amide bonds. The number of benzene rings is 1. The lowest BCUT2D eigenvalue weighted by Crippen LogP contribution is -2.17. The van der Waals surface area contributed by atoms with E-state index in [0.29, 0.717) is 6.54 Å². The van der Waals surface area contributed by atoms with Crippen LogP contribution < -0.4 is 5.32 Å². The molecule has 0 spiro atoms. The largest absolute Gasteiger partial charge is 0.395 e. The predicted molar refractivity (Wildman–Crippen MR) is 54.6 cm³/mol. The van der Waals surface area contributed by atoms with Gasteiger partial charge in [-0.05, 0) is 17.5 Å². The topological polar surface area (TPSA) is 32.3 Å². The Morgan fingerprint density at radius 3 is 2.31 bits per heavy atom. The third-order valence-corrected chi connectivity index (χ3v) is 2.05. The summed E-state index contributed by atoms with van der Waals surface area (Å²) in [6.07, 6.45) is 1.09. The number of hydrogen-bond donors (Lipinski definition) is 2. The Morgan fingerprint density at radius 2 is 1.77 bits per heavy atom. The summed E-state index contributed by atoms with van der Waals surface area (Å²) in [5.41, 5.74) is 2.64. The molecule has 0 aliphatic heterocycles. The minimum absolute atomic E-state index is 0.201. The fraction of sp³-hybridized carbons (Fsp3) is 0.455. The molecule has 1 aromatic rings. The average Bonchev–Trinajstić information content (AvgIpc) is 2.19. The van der Waals surface area contributed by atoms with Gasteiger partial charge in [0.25, 0.3) is 0 Å². The van der Waals surface area contributed by atoms with E-state index in [1.165, 1.54) is 11.1 Å². The minimum atomic E-state index is 0.201. The Morgan fingerprint density at radius 1 is 1.15 bits per heavy atom. The van der Waals surface area contributed by atoms with Gasteiger partial charge in [-0.25, -0.2) is 0 Å². The fourth-order valence-electron chi connectivity index (χ4n) is 1.20. The van der Waals surface area contributed by atoms with Crippen LogP contribution in [0.5, 0.6) is 0 Å². The van der Waals surface area contributed by atoms with Crippen LogP contribution in [0.4, 0.5) is 0 Å². The highest BCUT2D eigenvalue weighted by Crippen LogP contribution is 2.04. The molecule has 1 rings (SSSR count). The molecule has 72 valence electrons. The van der Waals surface area contributed by atoms with Crippen molar-refractivity contribution in [2.75, 3.05) is 13.2 Å². The first-order valence-electron chi connectivity index (χ1n) is 4.76. The number of rotatable bonds is 5. The molecule has 0 aliphatic rings. The first-order chi connectivity index (χ1) is 6.36. The Kier molecular flexibility index (Phi) is 4.50. The summed E-state index contributed by atoms with van der Waals surface area (Å²) in [6.45, 7) is 3.85. The lowest BCUT2D eigenvalue weighted by molar-refractivity contribution is 0.292. The summed E-state index contributed by atoms with van der Waals surface area (Å²) >= 11 is 0. The van der Waals surface area contributed by atoms with Gasteiger partial charge in [-0.2, -0.15) is 0 Å². The molecule has 0 atom stereocenters. The zero-order valence-electron chi connectivity index (χ0n) is 8.09. The minimum Gasteiger partial charge on any atom is -0.395 e. The third-order valence-electron chi connectivity index (χ3n) is 2.05. The van der Waals surface area contributed by atoms with Gasteiger partial charge in [-0.15, -0.1) is 0 Å². The van der Waals surface area contributed by atoms with Gasteiger partial charge < -0.3 is 10.4 Å². The summed E-state index contributed by atoms with van der Waals surface area (Å²) in [5.74, 6) is 0.